The molecule has 1 saturated heterocycles. The molecule has 4 heteroatoms. The van der Waals surface area contributed by atoms with Crippen LogP contribution >= 0.6 is 0 Å². The Morgan fingerprint density at radius 2 is 2.06 bits per heavy atom. The average Bonchev–Trinajstić information content (AvgIpc) is 2.50. The molecule has 0 radical (unpaired) electrons. The molecule has 1 aliphatic carbocycles. The van der Waals surface area contributed by atoms with Gasteiger partial charge in [-0.1, -0.05) is 13.8 Å². The summed E-state index contributed by atoms with van der Waals surface area (Å²) in [5, 5.41) is 3.45. The zero-order valence-electron chi connectivity index (χ0n) is 12.0. The Hall–Kier alpha value is -0.770. The van der Waals surface area contributed by atoms with E-state index in [0.717, 1.165) is 26.1 Å². The highest BCUT2D eigenvalue weighted by molar-refractivity contribution is 5.75. The van der Waals surface area contributed by atoms with Crippen LogP contribution in [-0.4, -0.2) is 54.6 Å². The molecule has 4 nitrogen and oxygen atoms in total. The van der Waals surface area contributed by atoms with Gasteiger partial charge < -0.3 is 15.1 Å². The van der Waals surface area contributed by atoms with Crippen molar-refractivity contribution in [2.45, 2.75) is 51.6 Å². The number of carbonyl (C=O) groups is 1. The topological polar surface area (TPSA) is 35.6 Å². The van der Waals surface area contributed by atoms with Crippen molar-refractivity contribution in [3.05, 3.63) is 0 Å². The first kappa shape index (κ1) is 13.7. The predicted octanol–water partition coefficient (Wildman–Crippen LogP) is 1.91. The normalized spacial score (nSPS) is 25.8. The van der Waals surface area contributed by atoms with Crippen LogP contribution in [0, 0.1) is 5.92 Å². The van der Waals surface area contributed by atoms with E-state index >= 15 is 0 Å². The van der Waals surface area contributed by atoms with Gasteiger partial charge in [0.15, 0.2) is 0 Å². The lowest BCUT2D eigenvalue weighted by Crippen LogP contribution is -2.54. The zero-order chi connectivity index (χ0) is 13.1. The van der Waals surface area contributed by atoms with Crippen LogP contribution in [0.1, 0.15) is 39.5 Å². The van der Waals surface area contributed by atoms with Crippen molar-refractivity contribution in [2.75, 3.05) is 26.7 Å². The number of urea groups is 1. The van der Waals surface area contributed by atoms with Gasteiger partial charge in [0, 0.05) is 32.2 Å². The molecule has 0 spiro atoms. The number of carbonyl (C=O) groups excluding carboxylic acids is 1. The molecule has 2 aliphatic rings. The van der Waals surface area contributed by atoms with E-state index in [1.54, 1.807) is 0 Å². The van der Waals surface area contributed by atoms with E-state index in [1.165, 1.54) is 19.3 Å². The molecule has 18 heavy (non-hydrogen) atoms. The second-order valence-corrected chi connectivity index (χ2v) is 6.04. The molecule has 1 unspecified atom stereocenters. The van der Waals surface area contributed by atoms with Crippen LogP contribution in [-0.2, 0) is 0 Å². The zero-order valence-corrected chi connectivity index (χ0v) is 12.0. The molecule has 0 bridgehead atoms. The number of amides is 2. The minimum Gasteiger partial charge on any atom is -0.325 e. The molecular weight excluding hydrogens is 226 g/mol. The van der Waals surface area contributed by atoms with E-state index in [-0.39, 0.29) is 6.03 Å². The van der Waals surface area contributed by atoms with Crippen molar-refractivity contribution in [1.82, 2.24) is 15.1 Å². The lowest BCUT2D eigenvalue weighted by atomic mass is 9.92. The summed E-state index contributed by atoms with van der Waals surface area (Å²) < 4.78 is 0. The first-order chi connectivity index (χ1) is 8.61. The van der Waals surface area contributed by atoms with Crippen LogP contribution in [0.4, 0.5) is 4.79 Å². The first-order valence-corrected chi connectivity index (χ1v) is 7.35. The fraction of sp³-hybridized carbons (Fsp3) is 0.929. The van der Waals surface area contributed by atoms with E-state index in [2.05, 4.69) is 24.1 Å². The largest absolute Gasteiger partial charge is 0.325 e. The summed E-state index contributed by atoms with van der Waals surface area (Å²) >= 11 is 0. The molecule has 104 valence electrons. The number of hydrogen-bond donors (Lipinski definition) is 1. The van der Waals surface area contributed by atoms with Crippen molar-refractivity contribution in [3.8, 4) is 0 Å². The van der Waals surface area contributed by atoms with Gasteiger partial charge in [0.25, 0.3) is 0 Å². The van der Waals surface area contributed by atoms with Crippen LogP contribution in [0.25, 0.3) is 0 Å². The molecular formula is C14H27N3O. The van der Waals surface area contributed by atoms with Crippen molar-refractivity contribution < 1.29 is 4.79 Å². The van der Waals surface area contributed by atoms with E-state index in [1.807, 2.05) is 11.9 Å². The molecule has 0 aromatic rings. The van der Waals surface area contributed by atoms with Gasteiger partial charge >= 0.3 is 6.03 Å². The van der Waals surface area contributed by atoms with Crippen molar-refractivity contribution in [2.24, 2.45) is 5.92 Å². The summed E-state index contributed by atoms with van der Waals surface area (Å²) in [7, 11) is 1.97. The van der Waals surface area contributed by atoms with E-state index < -0.39 is 0 Å². The van der Waals surface area contributed by atoms with Gasteiger partial charge in [-0.2, -0.15) is 0 Å². The van der Waals surface area contributed by atoms with Gasteiger partial charge in [0.2, 0.25) is 0 Å². The molecule has 0 aromatic heterocycles. The molecule has 0 aromatic carbocycles. The molecule has 1 N–H and O–H groups in total. The number of nitrogens with one attached hydrogen (secondary N) is 1. The fourth-order valence-corrected chi connectivity index (χ4v) is 2.87. The highest BCUT2D eigenvalue weighted by Gasteiger charge is 2.33. The summed E-state index contributed by atoms with van der Waals surface area (Å²) in [4.78, 5) is 16.7. The smallest absolute Gasteiger partial charge is 0.320 e. The highest BCUT2D eigenvalue weighted by Crippen LogP contribution is 2.25. The summed E-state index contributed by atoms with van der Waals surface area (Å²) in [6.07, 6.45) is 4.70. The van der Waals surface area contributed by atoms with Crippen LogP contribution in [0.5, 0.6) is 0 Å². The Morgan fingerprint density at radius 3 is 2.61 bits per heavy atom. The van der Waals surface area contributed by atoms with Crippen molar-refractivity contribution in [1.29, 1.82) is 0 Å². The predicted molar refractivity (Wildman–Crippen MR) is 73.6 cm³/mol. The van der Waals surface area contributed by atoms with Crippen molar-refractivity contribution >= 4 is 6.03 Å². The number of hydrogen-bond acceptors (Lipinski definition) is 2. The Labute approximate surface area is 111 Å². The minimum atomic E-state index is 0.238. The van der Waals surface area contributed by atoms with Crippen LogP contribution in [0.15, 0.2) is 0 Å². The standard InChI is InChI=1S/C14H27N3O/c1-11(2)13-10-15-8-5-9-17(13)14(18)16(3)12-6-4-7-12/h11-13,15H,4-10H2,1-3H3. The maximum absolute atomic E-state index is 12.6. The minimum absolute atomic E-state index is 0.238. The lowest BCUT2D eigenvalue weighted by molar-refractivity contribution is 0.100. The maximum atomic E-state index is 12.6. The van der Waals surface area contributed by atoms with Crippen LogP contribution < -0.4 is 5.32 Å². The van der Waals surface area contributed by atoms with Gasteiger partial charge in [-0.3, -0.25) is 0 Å². The second kappa shape index (κ2) is 5.91. The maximum Gasteiger partial charge on any atom is 0.320 e. The summed E-state index contributed by atoms with van der Waals surface area (Å²) in [6, 6.07) is 1.06. The van der Waals surface area contributed by atoms with E-state index in [4.69, 9.17) is 0 Å². The third-order valence-corrected chi connectivity index (χ3v) is 4.45. The number of rotatable bonds is 2. The molecule has 2 fully saturated rings. The van der Waals surface area contributed by atoms with Crippen LogP contribution in [0.3, 0.4) is 0 Å². The van der Waals surface area contributed by atoms with E-state index in [0.29, 0.717) is 18.0 Å². The first-order valence-electron chi connectivity index (χ1n) is 7.35. The Bertz CT molecular complexity index is 289. The molecule has 1 atom stereocenters. The number of nitrogens with zero attached hydrogens (tertiary/aromatic N) is 2. The fourth-order valence-electron chi connectivity index (χ4n) is 2.87. The van der Waals surface area contributed by atoms with Gasteiger partial charge in [-0.15, -0.1) is 0 Å². The molecule has 1 aliphatic heterocycles. The van der Waals surface area contributed by atoms with Gasteiger partial charge in [-0.05, 0) is 38.1 Å². The quantitative estimate of drug-likeness (QED) is 0.816. The van der Waals surface area contributed by atoms with Gasteiger partial charge in [-0.25, -0.2) is 4.79 Å². The Kier molecular flexibility index (Phi) is 4.49. The Balaban J connectivity index is 2.03. The molecule has 1 saturated carbocycles. The van der Waals surface area contributed by atoms with Gasteiger partial charge in [0.1, 0.15) is 0 Å². The summed E-state index contributed by atoms with van der Waals surface area (Å²) in [5.41, 5.74) is 0. The monoisotopic (exact) mass is 253 g/mol. The molecule has 2 amide bonds. The van der Waals surface area contributed by atoms with E-state index in [9.17, 15) is 4.79 Å². The third kappa shape index (κ3) is 2.79. The molecule has 1 heterocycles. The second-order valence-electron chi connectivity index (χ2n) is 6.04. The molecule has 2 rings (SSSR count). The summed E-state index contributed by atoms with van der Waals surface area (Å²) in [6.45, 7) is 7.27. The van der Waals surface area contributed by atoms with Gasteiger partial charge in [0.05, 0.1) is 0 Å². The highest BCUT2D eigenvalue weighted by atomic mass is 16.2. The van der Waals surface area contributed by atoms with Crippen molar-refractivity contribution in [3.63, 3.8) is 0 Å². The summed E-state index contributed by atoms with van der Waals surface area (Å²) in [5.74, 6) is 0.509. The Morgan fingerprint density at radius 1 is 1.33 bits per heavy atom. The SMILES string of the molecule is CC(C)C1CNCCCN1C(=O)N(C)C1CCC1. The van der Waals surface area contributed by atoms with Crippen LogP contribution in [0.2, 0.25) is 0 Å². The lowest BCUT2D eigenvalue weighted by Gasteiger charge is -2.41. The average molecular weight is 253 g/mol. The third-order valence-electron chi connectivity index (χ3n) is 4.45.